The summed E-state index contributed by atoms with van der Waals surface area (Å²) < 4.78 is 9.89. The Morgan fingerprint density at radius 2 is 1.67 bits per heavy atom. The molecule has 1 amide bonds. The Morgan fingerprint density at radius 1 is 1.04 bits per heavy atom. The first-order valence-corrected chi connectivity index (χ1v) is 9.09. The van der Waals surface area contributed by atoms with Gasteiger partial charge >= 0.3 is 12.1 Å². The van der Waals surface area contributed by atoms with Gasteiger partial charge in [-0.05, 0) is 54.4 Å². The van der Waals surface area contributed by atoms with Crippen LogP contribution < -0.4 is 16.0 Å². The Kier molecular flexibility index (Phi) is 14.3. The Bertz CT molecular complexity index is 476. The molecule has 0 aliphatic carbocycles. The van der Waals surface area contributed by atoms with Gasteiger partial charge in [0.1, 0.15) is 5.60 Å². The minimum Gasteiger partial charge on any atom is -0.469 e. The number of guanidine groups is 1. The first kappa shape index (κ1) is 28.0. The normalized spacial score (nSPS) is 11.9. The summed E-state index contributed by atoms with van der Waals surface area (Å²) in [6.45, 7) is 13.1. The lowest BCUT2D eigenvalue weighted by Crippen LogP contribution is -2.49. The molecule has 8 nitrogen and oxygen atoms in total. The van der Waals surface area contributed by atoms with Crippen LogP contribution in [0.3, 0.4) is 0 Å². The van der Waals surface area contributed by atoms with E-state index in [2.05, 4.69) is 25.7 Å². The zero-order valence-electron chi connectivity index (χ0n) is 17.7. The van der Waals surface area contributed by atoms with Crippen molar-refractivity contribution in [3.05, 3.63) is 0 Å². The highest BCUT2D eigenvalue weighted by atomic mass is 127. The number of unbranched alkanes of at least 4 members (excludes halogenated alkanes) is 1. The molecule has 27 heavy (non-hydrogen) atoms. The number of hydrogen-bond acceptors (Lipinski definition) is 5. The van der Waals surface area contributed by atoms with Crippen molar-refractivity contribution in [3.63, 3.8) is 0 Å². The van der Waals surface area contributed by atoms with Gasteiger partial charge < -0.3 is 25.4 Å². The summed E-state index contributed by atoms with van der Waals surface area (Å²) in [5, 5.41) is 9.21. The van der Waals surface area contributed by atoms with Crippen LogP contribution in [0.1, 0.15) is 60.8 Å². The fourth-order valence-corrected chi connectivity index (χ4v) is 1.94. The first-order chi connectivity index (χ1) is 12.0. The van der Waals surface area contributed by atoms with Crippen LogP contribution in [0.4, 0.5) is 4.79 Å². The van der Waals surface area contributed by atoms with Crippen molar-refractivity contribution in [3.8, 4) is 0 Å². The Morgan fingerprint density at radius 3 is 2.19 bits per heavy atom. The lowest BCUT2D eigenvalue weighted by atomic mass is 10.1. The fraction of sp³-hybridized carbons (Fsp3) is 0.833. The number of esters is 1. The van der Waals surface area contributed by atoms with E-state index < -0.39 is 17.2 Å². The number of rotatable bonds is 9. The number of amides is 1. The van der Waals surface area contributed by atoms with Crippen molar-refractivity contribution in [2.75, 3.05) is 26.7 Å². The maximum Gasteiger partial charge on any atom is 0.408 e. The van der Waals surface area contributed by atoms with Gasteiger partial charge in [-0.25, -0.2) is 4.79 Å². The van der Waals surface area contributed by atoms with Crippen LogP contribution >= 0.6 is 24.0 Å². The summed E-state index contributed by atoms with van der Waals surface area (Å²) in [5.74, 6) is 0.477. The maximum atomic E-state index is 11.9. The fourth-order valence-electron chi connectivity index (χ4n) is 1.94. The first-order valence-electron chi connectivity index (χ1n) is 9.09. The predicted octanol–water partition coefficient (Wildman–Crippen LogP) is 2.81. The average molecular weight is 500 g/mol. The van der Waals surface area contributed by atoms with E-state index in [9.17, 15) is 9.59 Å². The van der Waals surface area contributed by atoms with Crippen LogP contribution in [0.15, 0.2) is 4.99 Å². The number of aliphatic imine (C=N–C) groups is 1. The highest BCUT2D eigenvalue weighted by molar-refractivity contribution is 14.0. The summed E-state index contributed by atoms with van der Waals surface area (Å²) >= 11 is 0. The second-order valence-corrected chi connectivity index (χ2v) is 7.67. The molecular formula is C18H37IN4O4. The number of ether oxygens (including phenoxy) is 2. The zero-order valence-corrected chi connectivity index (χ0v) is 20.1. The molecule has 0 fully saturated rings. The van der Waals surface area contributed by atoms with Gasteiger partial charge in [-0.1, -0.05) is 0 Å². The average Bonchev–Trinajstić information content (AvgIpc) is 2.49. The van der Waals surface area contributed by atoms with Crippen LogP contribution in [-0.2, 0) is 14.3 Å². The SMILES string of the molecule is CCNC(=NCC(C)(C)NC(=O)OC(C)(C)C)NCCCCC(=O)OC.I. The summed E-state index contributed by atoms with van der Waals surface area (Å²) in [6, 6.07) is 0. The van der Waals surface area contributed by atoms with Gasteiger partial charge in [0.05, 0.1) is 19.2 Å². The standard InChI is InChI=1S/C18H36N4O4.HI/c1-8-19-15(20-12-10-9-11-14(23)25-7)21-13-18(5,6)22-16(24)26-17(2,3)4;/h8-13H2,1-7H3,(H,22,24)(H2,19,20,21);1H. The number of nitrogens with one attached hydrogen (secondary N) is 3. The molecule has 0 unspecified atom stereocenters. The molecule has 0 aromatic rings. The van der Waals surface area contributed by atoms with Crippen LogP contribution in [-0.4, -0.2) is 55.9 Å². The minimum atomic E-state index is -0.546. The zero-order chi connectivity index (χ0) is 20.2. The highest BCUT2D eigenvalue weighted by Crippen LogP contribution is 2.09. The van der Waals surface area contributed by atoms with E-state index in [-0.39, 0.29) is 29.9 Å². The third kappa shape index (κ3) is 16.6. The highest BCUT2D eigenvalue weighted by Gasteiger charge is 2.24. The van der Waals surface area contributed by atoms with Crippen LogP contribution in [0.2, 0.25) is 0 Å². The summed E-state index contributed by atoms with van der Waals surface area (Å²) in [7, 11) is 1.39. The molecule has 0 radical (unpaired) electrons. The second kappa shape index (κ2) is 13.8. The molecule has 0 saturated heterocycles. The van der Waals surface area contributed by atoms with Crippen molar-refractivity contribution < 1.29 is 19.1 Å². The number of nitrogens with zero attached hydrogens (tertiary/aromatic N) is 1. The summed E-state index contributed by atoms with van der Waals surface area (Å²) in [5.41, 5.74) is -1.08. The lowest BCUT2D eigenvalue weighted by molar-refractivity contribution is -0.140. The predicted molar refractivity (Wildman–Crippen MR) is 119 cm³/mol. The van der Waals surface area contributed by atoms with E-state index in [1.807, 2.05) is 41.5 Å². The van der Waals surface area contributed by atoms with Gasteiger partial charge in [-0.3, -0.25) is 9.79 Å². The van der Waals surface area contributed by atoms with Crippen LogP contribution in [0.5, 0.6) is 0 Å². The van der Waals surface area contributed by atoms with Gasteiger partial charge in [0.25, 0.3) is 0 Å². The number of carbonyl (C=O) groups is 2. The molecule has 0 spiro atoms. The third-order valence-electron chi connectivity index (χ3n) is 3.14. The van der Waals surface area contributed by atoms with E-state index in [4.69, 9.17) is 4.74 Å². The van der Waals surface area contributed by atoms with Crippen molar-refractivity contribution in [2.24, 2.45) is 4.99 Å². The minimum absolute atomic E-state index is 0. The van der Waals surface area contributed by atoms with Crippen molar-refractivity contribution in [1.29, 1.82) is 0 Å². The van der Waals surface area contributed by atoms with Gasteiger partial charge in [0, 0.05) is 19.5 Å². The van der Waals surface area contributed by atoms with Gasteiger partial charge in [0.2, 0.25) is 0 Å². The molecule has 0 aliphatic rings. The summed E-state index contributed by atoms with van der Waals surface area (Å²) in [4.78, 5) is 27.5. The Labute approximate surface area is 180 Å². The molecule has 0 aromatic carbocycles. The smallest absolute Gasteiger partial charge is 0.408 e. The molecule has 9 heteroatoms. The van der Waals surface area contributed by atoms with Crippen molar-refractivity contribution in [1.82, 2.24) is 16.0 Å². The second-order valence-electron chi connectivity index (χ2n) is 7.67. The third-order valence-corrected chi connectivity index (χ3v) is 3.14. The lowest BCUT2D eigenvalue weighted by Gasteiger charge is -2.27. The Hall–Kier alpha value is -1.26. The molecule has 0 heterocycles. The number of alkyl carbamates (subject to hydrolysis) is 1. The van der Waals surface area contributed by atoms with Crippen LogP contribution in [0, 0.1) is 0 Å². The molecule has 0 aromatic heterocycles. The number of methoxy groups -OCH3 is 1. The molecule has 0 bridgehead atoms. The van der Waals surface area contributed by atoms with Gasteiger partial charge in [0.15, 0.2) is 5.96 Å². The van der Waals surface area contributed by atoms with Crippen molar-refractivity contribution in [2.45, 2.75) is 71.9 Å². The number of carbonyl (C=O) groups excluding carboxylic acids is 2. The summed E-state index contributed by atoms with van der Waals surface area (Å²) in [6.07, 6.45) is 1.54. The quantitative estimate of drug-likeness (QED) is 0.148. The number of hydrogen-bond donors (Lipinski definition) is 3. The molecule has 0 rings (SSSR count). The molecule has 0 saturated carbocycles. The molecular weight excluding hydrogens is 463 g/mol. The van der Waals surface area contributed by atoms with Gasteiger partial charge in [-0.2, -0.15) is 0 Å². The molecule has 0 aliphatic heterocycles. The molecule has 0 atom stereocenters. The topological polar surface area (TPSA) is 101 Å². The van der Waals surface area contributed by atoms with Crippen molar-refractivity contribution >= 4 is 42.0 Å². The molecule has 160 valence electrons. The van der Waals surface area contributed by atoms with Crippen LogP contribution in [0.25, 0.3) is 0 Å². The van der Waals surface area contributed by atoms with E-state index in [1.54, 1.807) is 0 Å². The maximum absolute atomic E-state index is 11.9. The van der Waals surface area contributed by atoms with E-state index in [0.717, 1.165) is 19.4 Å². The molecule has 3 N–H and O–H groups in total. The number of halogens is 1. The Balaban J connectivity index is 0. The van der Waals surface area contributed by atoms with E-state index in [0.29, 0.717) is 25.5 Å². The van der Waals surface area contributed by atoms with E-state index >= 15 is 0 Å². The largest absolute Gasteiger partial charge is 0.469 e. The monoisotopic (exact) mass is 500 g/mol. The van der Waals surface area contributed by atoms with Gasteiger partial charge in [-0.15, -0.1) is 24.0 Å². The van der Waals surface area contributed by atoms with E-state index in [1.165, 1.54) is 7.11 Å².